The number of aromatic hydroxyl groups is 2. The van der Waals surface area contributed by atoms with E-state index in [-0.39, 0.29) is 29.7 Å². The number of carbonyl (C=O) groups excluding carboxylic acids is 1. The van der Waals surface area contributed by atoms with E-state index in [1.165, 1.54) is 12.1 Å². The molecule has 0 aromatic heterocycles. The summed E-state index contributed by atoms with van der Waals surface area (Å²) in [5.41, 5.74) is 5.70. The van der Waals surface area contributed by atoms with Gasteiger partial charge >= 0.3 is 5.97 Å². The van der Waals surface area contributed by atoms with E-state index in [0.29, 0.717) is 24.1 Å². The summed E-state index contributed by atoms with van der Waals surface area (Å²) in [6, 6.07) is 16.3. The molecule has 0 spiro atoms. The van der Waals surface area contributed by atoms with Crippen LogP contribution in [0, 0.1) is 13.8 Å². The third-order valence-electron chi connectivity index (χ3n) is 6.81. The predicted molar refractivity (Wildman–Crippen MR) is 131 cm³/mol. The maximum absolute atomic E-state index is 13.2. The summed E-state index contributed by atoms with van der Waals surface area (Å²) < 4.78 is 0. The standard InChI is InChI=1S/C28H29NO5/c1-16-4-6-19(18(3)12-26(32)33)13-22(16)23-15-21(8-5-17(23)2)29-27(34)28(10-11-28)20-7-9-24(30)25(31)14-20/h4-9,13-15,18,30-31H,10-12H2,1-3H3,(H,29,34)(H,32,33). The van der Waals surface area contributed by atoms with Crippen molar-refractivity contribution in [3.8, 4) is 22.6 Å². The topological polar surface area (TPSA) is 107 Å². The van der Waals surface area contributed by atoms with Crippen molar-refractivity contribution in [3.63, 3.8) is 0 Å². The van der Waals surface area contributed by atoms with Gasteiger partial charge in [0, 0.05) is 5.69 Å². The van der Waals surface area contributed by atoms with Gasteiger partial charge in [-0.2, -0.15) is 0 Å². The molecule has 176 valence electrons. The third-order valence-corrected chi connectivity index (χ3v) is 6.81. The van der Waals surface area contributed by atoms with Crippen LogP contribution >= 0.6 is 0 Å². The van der Waals surface area contributed by atoms with E-state index in [0.717, 1.165) is 27.8 Å². The Morgan fingerprint density at radius 1 is 0.912 bits per heavy atom. The number of aryl methyl sites for hydroxylation is 2. The summed E-state index contributed by atoms with van der Waals surface area (Å²) in [5.74, 6) is -1.53. The molecular weight excluding hydrogens is 430 g/mol. The van der Waals surface area contributed by atoms with Crippen molar-refractivity contribution in [2.75, 3.05) is 5.32 Å². The normalized spacial score (nSPS) is 14.9. The van der Waals surface area contributed by atoms with Gasteiger partial charge in [0.15, 0.2) is 11.5 Å². The van der Waals surface area contributed by atoms with Crippen LogP contribution in [0.1, 0.15) is 54.4 Å². The second-order valence-corrected chi connectivity index (χ2v) is 9.34. The monoisotopic (exact) mass is 459 g/mol. The summed E-state index contributed by atoms with van der Waals surface area (Å²) in [4.78, 5) is 24.4. The van der Waals surface area contributed by atoms with Gasteiger partial charge in [-0.05, 0) is 90.3 Å². The molecule has 1 saturated carbocycles. The van der Waals surface area contributed by atoms with Crippen molar-refractivity contribution >= 4 is 17.6 Å². The Labute approximate surface area is 198 Å². The Bertz CT molecular complexity index is 1280. The minimum atomic E-state index is -0.827. The first-order valence-corrected chi connectivity index (χ1v) is 11.4. The number of hydrogen-bond donors (Lipinski definition) is 4. The Balaban J connectivity index is 1.63. The highest BCUT2D eigenvalue weighted by Gasteiger charge is 2.51. The van der Waals surface area contributed by atoms with E-state index in [2.05, 4.69) is 5.32 Å². The SMILES string of the molecule is Cc1ccc(NC(=O)C2(c3ccc(O)c(O)c3)CC2)cc1-c1cc(C(C)CC(=O)O)ccc1C. The summed E-state index contributed by atoms with van der Waals surface area (Å²) >= 11 is 0. The van der Waals surface area contributed by atoms with Crippen LogP contribution in [0.15, 0.2) is 54.6 Å². The number of aliphatic carboxylic acids is 1. The number of carboxylic acids is 1. The molecule has 6 nitrogen and oxygen atoms in total. The van der Waals surface area contributed by atoms with Gasteiger partial charge in [0.05, 0.1) is 11.8 Å². The second-order valence-electron chi connectivity index (χ2n) is 9.34. The number of phenolic OH excluding ortho intramolecular Hbond substituents is 2. The van der Waals surface area contributed by atoms with Gasteiger partial charge in [-0.1, -0.05) is 37.3 Å². The molecule has 4 N–H and O–H groups in total. The van der Waals surface area contributed by atoms with Gasteiger partial charge < -0.3 is 20.6 Å². The Hall–Kier alpha value is -3.80. The molecule has 1 unspecified atom stereocenters. The molecular formula is C28H29NO5. The zero-order valence-corrected chi connectivity index (χ0v) is 19.6. The van der Waals surface area contributed by atoms with Crippen LogP contribution in [0.5, 0.6) is 11.5 Å². The fraction of sp³-hybridized carbons (Fsp3) is 0.286. The summed E-state index contributed by atoms with van der Waals surface area (Å²) in [6.45, 7) is 5.93. The number of amides is 1. The fourth-order valence-electron chi connectivity index (χ4n) is 4.45. The molecule has 0 saturated heterocycles. The van der Waals surface area contributed by atoms with Gasteiger partial charge in [-0.3, -0.25) is 9.59 Å². The molecule has 0 bridgehead atoms. The van der Waals surface area contributed by atoms with Crippen LogP contribution in [-0.2, 0) is 15.0 Å². The lowest BCUT2D eigenvalue weighted by Gasteiger charge is -2.19. The van der Waals surface area contributed by atoms with Crippen LogP contribution in [0.3, 0.4) is 0 Å². The average Bonchev–Trinajstić information content (AvgIpc) is 3.59. The van der Waals surface area contributed by atoms with Crippen LogP contribution in [0.2, 0.25) is 0 Å². The molecule has 1 aliphatic rings. The van der Waals surface area contributed by atoms with Gasteiger partial charge in [0.1, 0.15) is 0 Å². The van der Waals surface area contributed by atoms with Crippen molar-refractivity contribution in [1.82, 2.24) is 0 Å². The highest BCUT2D eigenvalue weighted by atomic mass is 16.4. The minimum Gasteiger partial charge on any atom is -0.504 e. The fourth-order valence-corrected chi connectivity index (χ4v) is 4.45. The number of nitrogens with one attached hydrogen (secondary N) is 1. The Morgan fingerprint density at radius 3 is 2.18 bits per heavy atom. The number of benzene rings is 3. The van der Waals surface area contributed by atoms with Crippen molar-refractivity contribution in [1.29, 1.82) is 0 Å². The lowest BCUT2D eigenvalue weighted by molar-refractivity contribution is -0.137. The molecule has 1 aliphatic carbocycles. The Kier molecular flexibility index (Phi) is 6.09. The first-order valence-electron chi connectivity index (χ1n) is 11.4. The van der Waals surface area contributed by atoms with Crippen molar-refractivity contribution < 1.29 is 24.9 Å². The van der Waals surface area contributed by atoms with Crippen molar-refractivity contribution in [2.24, 2.45) is 0 Å². The number of anilines is 1. The minimum absolute atomic E-state index is 0.0620. The highest BCUT2D eigenvalue weighted by Crippen LogP contribution is 2.50. The largest absolute Gasteiger partial charge is 0.504 e. The zero-order valence-electron chi connectivity index (χ0n) is 19.6. The van der Waals surface area contributed by atoms with Crippen LogP contribution < -0.4 is 5.32 Å². The molecule has 6 heteroatoms. The lowest BCUT2D eigenvalue weighted by Crippen LogP contribution is -2.27. The van der Waals surface area contributed by atoms with Gasteiger partial charge in [-0.15, -0.1) is 0 Å². The number of carbonyl (C=O) groups is 2. The first kappa shape index (κ1) is 23.4. The van der Waals surface area contributed by atoms with E-state index >= 15 is 0 Å². The summed E-state index contributed by atoms with van der Waals surface area (Å²) in [6.07, 6.45) is 1.40. The molecule has 0 heterocycles. The smallest absolute Gasteiger partial charge is 0.303 e. The van der Waals surface area contributed by atoms with Crippen LogP contribution in [0.4, 0.5) is 5.69 Å². The Morgan fingerprint density at radius 2 is 1.56 bits per heavy atom. The van der Waals surface area contributed by atoms with E-state index in [9.17, 15) is 19.8 Å². The highest BCUT2D eigenvalue weighted by molar-refractivity contribution is 6.02. The van der Waals surface area contributed by atoms with Gasteiger partial charge in [0.2, 0.25) is 5.91 Å². The number of phenols is 2. The first-order chi connectivity index (χ1) is 16.1. The lowest BCUT2D eigenvalue weighted by atomic mass is 9.90. The van der Waals surface area contributed by atoms with Crippen LogP contribution in [0.25, 0.3) is 11.1 Å². The van der Waals surface area contributed by atoms with E-state index in [1.807, 2.05) is 57.2 Å². The molecule has 0 aliphatic heterocycles. The van der Waals surface area contributed by atoms with Gasteiger partial charge in [0.25, 0.3) is 0 Å². The number of rotatable bonds is 7. The molecule has 3 aromatic rings. The number of hydrogen-bond acceptors (Lipinski definition) is 4. The van der Waals surface area contributed by atoms with Crippen LogP contribution in [-0.4, -0.2) is 27.2 Å². The summed E-state index contributed by atoms with van der Waals surface area (Å²) in [5, 5.41) is 31.7. The third kappa shape index (κ3) is 4.49. The van der Waals surface area contributed by atoms with E-state index in [4.69, 9.17) is 5.11 Å². The molecule has 3 aromatic carbocycles. The maximum atomic E-state index is 13.2. The van der Waals surface area contributed by atoms with Gasteiger partial charge in [-0.25, -0.2) is 0 Å². The number of carboxylic acid groups (broad SMARTS) is 1. The average molecular weight is 460 g/mol. The quantitative estimate of drug-likeness (QED) is 0.343. The van der Waals surface area contributed by atoms with Crippen molar-refractivity contribution in [2.45, 2.75) is 51.4 Å². The van der Waals surface area contributed by atoms with E-state index < -0.39 is 11.4 Å². The molecule has 4 rings (SSSR count). The second kappa shape index (κ2) is 8.86. The summed E-state index contributed by atoms with van der Waals surface area (Å²) in [7, 11) is 0. The maximum Gasteiger partial charge on any atom is 0.303 e. The van der Waals surface area contributed by atoms with Crippen molar-refractivity contribution in [3.05, 3.63) is 76.9 Å². The molecule has 34 heavy (non-hydrogen) atoms. The predicted octanol–water partition coefficient (Wildman–Crippen LogP) is 5.63. The zero-order chi connectivity index (χ0) is 24.6. The van der Waals surface area contributed by atoms with E-state index in [1.54, 1.807) is 6.07 Å². The molecule has 1 fully saturated rings. The molecule has 1 amide bonds. The molecule has 1 atom stereocenters. The molecule has 0 radical (unpaired) electrons.